The molecule has 0 heterocycles. The molecular formula is C14H29NO2S. The summed E-state index contributed by atoms with van der Waals surface area (Å²) >= 11 is 0. The summed E-state index contributed by atoms with van der Waals surface area (Å²) < 4.78 is 22.3. The van der Waals surface area contributed by atoms with E-state index in [0.29, 0.717) is 11.8 Å². The largest absolute Gasteiger partial charge is 0.317 e. The minimum atomic E-state index is -2.80. The Bertz CT molecular complexity index is 306. The Balaban J connectivity index is 2.37. The number of rotatable bonds is 6. The first-order chi connectivity index (χ1) is 8.53. The second-order valence-electron chi connectivity index (χ2n) is 5.77. The van der Waals surface area contributed by atoms with Gasteiger partial charge in [-0.25, -0.2) is 8.42 Å². The van der Waals surface area contributed by atoms with Crippen LogP contribution >= 0.6 is 0 Å². The normalized spacial score (nSPS) is 21.2. The summed E-state index contributed by atoms with van der Waals surface area (Å²) in [6.07, 6.45) is 12.6. The average molecular weight is 275 g/mol. The zero-order valence-electron chi connectivity index (χ0n) is 12.0. The van der Waals surface area contributed by atoms with Gasteiger partial charge in [0.05, 0.1) is 0 Å². The van der Waals surface area contributed by atoms with Gasteiger partial charge in [-0.15, -0.1) is 0 Å². The smallest absolute Gasteiger partial charge is 0.147 e. The lowest BCUT2D eigenvalue weighted by molar-refractivity contribution is 0.283. The van der Waals surface area contributed by atoms with Crippen molar-refractivity contribution in [2.45, 2.75) is 63.8 Å². The van der Waals surface area contributed by atoms with Crippen LogP contribution in [0, 0.1) is 5.92 Å². The van der Waals surface area contributed by atoms with Crippen LogP contribution in [0.3, 0.4) is 0 Å². The Morgan fingerprint density at radius 1 is 1.11 bits per heavy atom. The first kappa shape index (κ1) is 16.0. The van der Waals surface area contributed by atoms with E-state index in [-0.39, 0.29) is 0 Å². The van der Waals surface area contributed by atoms with Crippen LogP contribution in [0.4, 0.5) is 0 Å². The van der Waals surface area contributed by atoms with Gasteiger partial charge in [0.2, 0.25) is 0 Å². The predicted octanol–water partition coefficient (Wildman–Crippen LogP) is 2.76. The van der Waals surface area contributed by atoms with E-state index in [1.165, 1.54) is 51.2 Å². The average Bonchev–Trinajstić information content (AvgIpc) is 2.23. The second kappa shape index (κ2) is 8.16. The van der Waals surface area contributed by atoms with Crippen molar-refractivity contribution in [1.29, 1.82) is 0 Å². The summed E-state index contributed by atoms with van der Waals surface area (Å²) in [5.41, 5.74) is 0. The number of hydrogen-bond acceptors (Lipinski definition) is 3. The minimum Gasteiger partial charge on any atom is -0.317 e. The first-order valence-corrected chi connectivity index (χ1v) is 9.44. The van der Waals surface area contributed by atoms with E-state index in [1.807, 2.05) is 7.05 Å². The van der Waals surface area contributed by atoms with E-state index in [4.69, 9.17) is 0 Å². The molecule has 108 valence electrons. The first-order valence-electron chi connectivity index (χ1n) is 7.38. The molecule has 18 heavy (non-hydrogen) atoms. The molecule has 0 aromatic heterocycles. The zero-order valence-corrected chi connectivity index (χ0v) is 12.8. The summed E-state index contributed by atoms with van der Waals surface area (Å²) in [7, 11) is -0.782. The van der Waals surface area contributed by atoms with E-state index in [1.54, 1.807) is 0 Å². The van der Waals surface area contributed by atoms with Gasteiger partial charge in [0.15, 0.2) is 0 Å². The summed E-state index contributed by atoms with van der Waals surface area (Å²) in [6.45, 7) is 0. The SMILES string of the molecule is CNC(CCCS(C)(=O)=O)C1CCCCCCC1. The molecule has 1 aliphatic rings. The van der Waals surface area contributed by atoms with Crippen LogP contribution in [-0.4, -0.2) is 33.5 Å². The van der Waals surface area contributed by atoms with Crippen LogP contribution < -0.4 is 5.32 Å². The van der Waals surface area contributed by atoms with E-state index in [9.17, 15) is 8.42 Å². The van der Waals surface area contributed by atoms with Crippen LogP contribution in [0.25, 0.3) is 0 Å². The van der Waals surface area contributed by atoms with Gasteiger partial charge in [-0.05, 0) is 38.6 Å². The standard InChI is InChI=1S/C14H29NO2S/c1-15-14(11-8-12-18(2,16)17)13-9-6-4-3-5-7-10-13/h13-15H,3-12H2,1-2H3. The summed E-state index contributed by atoms with van der Waals surface area (Å²) in [5, 5.41) is 3.41. The molecule has 0 aliphatic heterocycles. The van der Waals surface area contributed by atoms with Gasteiger partial charge in [0.1, 0.15) is 9.84 Å². The lowest BCUT2D eigenvalue weighted by atomic mass is 9.84. The van der Waals surface area contributed by atoms with Crippen molar-refractivity contribution < 1.29 is 8.42 Å². The molecule has 0 spiro atoms. The summed E-state index contributed by atoms with van der Waals surface area (Å²) in [4.78, 5) is 0. The second-order valence-corrected chi connectivity index (χ2v) is 8.03. The maximum absolute atomic E-state index is 11.2. The molecule has 0 aromatic carbocycles. The Morgan fingerprint density at radius 3 is 2.17 bits per heavy atom. The Hall–Kier alpha value is -0.0900. The molecule has 1 N–H and O–H groups in total. The molecule has 1 aliphatic carbocycles. The van der Waals surface area contributed by atoms with Gasteiger partial charge in [0.25, 0.3) is 0 Å². The maximum atomic E-state index is 11.2. The van der Waals surface area contributed by atoms with Crippen molar-refractivity contribution in [1.82, 2.24) is 5.32 Å². The van der Waals surface area contributed by atoms with Crippen molar-refractivity contribution in [3.05, 3.63) is 0 Å². The van der Waals surface area contributed by atoms with Crippen LogP contribution in [0.1, 0.15) is 57.8 Å². The summed E-state index contributed by atoms with van der Waals surface area (Å²) in [5.74, 6) is 1.08. The molecule has 0 bridgehead atoms. The van der Waals surface area contributed by atoms with E-state index < -0.39 is 9.84 Å². The van der Waals surface area contributed by atoms with Gasteiger partial charge < -0.3 is 5.32 Å². The van der Waals surface area contributed by atoms with E-state index in [2.05, 4.69) is 5.32 Å². The van der Waals surface area contributed by atoms with Gasteiger partial charge in [-0.1, -0.05) is 32.1 Å². The van der Waals surface area contributed by atoms with Gasteiger partial charge in [-0.3, -0.25) is 0 Å². The highest BCUT2D eigenvalue weighted by Crippen LogP contribution is 2.26. The minimum absolute atomic E-state index is 0.331. The maximum Gasteiger partial charge on any atom is 0.147 e. The third kappa shape index (κ3) is 6.74. The number of sulfone groups is 1. The molecule has 0 aromatic rings. The molecule has 1 atom stereocenters. The molecule has 0 radical (unpaired) electrons. The predicted molar refractivity (Wildman–Crippen MR) is 77.6 cm³/mol. The van der Waals surface area contributed by atoms with Crippen molar-refractivity contribution in [2.75, 3.05) is 19.1 Å². The third-order valence-corrected chi connectivity index (χ3v) is 5.15. The number of hydrogen-bond donors (Lipinski definition) is 1. The van der Waals surface area contributed by atoms with Gasteiger partial charge in [-0.2, -0.15) is 0 Å². The highest BCUT2D eigenvalue weighted by Gasteiger charge is 2.20. The molecule has 1 unspecified atom stereocenters. The molecular weight excluding hydrogens is 246 g/mol. The quantitative estimate of drug-likeness (QED) is 0.811. The fourth-order valence-corrected chi connectivity index (χ4v) is 3.76. The van der Waals surface area contributed by atoms with Crippen molar-refractivity contribution >= 4 is 9.84 Å². The Labute approximate surface area is 113 Å². The molecule has 3 nitrogen and oxygen atoms in total. The monoisotopic (exact) mass is 275 g/mol. The Kier molecular flexibility index (Phi) is 7.23. The van der Waals surface area contributed by atoms with Gasteiger partial charge in [0, 0.05) is 18.1 Å². The molecule has 0 amide bonds. The lowest BCUT2D eigenvalue weighted by Crippen LogP contribution is -2.34. The highest BCUT2D eigenvalue weighted by molar-refractivity contribution is 7.90. The van der Waals surface area contributed by atoms with Crippen LogP contribution in [0.5, 0.6) is 0 Å². The topological polar surface area (TPSA) is 46.2 Å². The highest BCUT2D eigenvalue weighted by atomic mass is 32.2. The van der Waals surface area contributed by atoms with Gasteiger partial charge >= 0.3 is 0 Å². The Morgan fingerprint density at radius 2 is 1.67 bits per heavy atom. The molecule has 1 rings (SSSR count). The van der Waals surface area contributed by atoms with Crippen molar-refractivity contribution in [3.63, 3.8) is 0 Å². The fraction of sp³-hybridized carbons (Fsp3) is 1.00. The van der Waals surface area contributed by atoms with E-state index in [0.717, 1.165) is 18.8 Å². The molecule has 4 heteroatoms. The van der Waals surface area contributed by atoms with Crippen LogP contribution in [0.15, 0.2) is 0 Å². The molecule has 1 fully saturated rings. The third-order valence-electron chi connectivity index (χ3n) is 4.12. The fourth-order valence-electron chi connectivity index (χ4n) is 3.07. The number of nitrogens with one attached hydrogen (secondary N) is 1. The lowest BCUT2D eigenvalue weighted by Gasteiger charge is -2.28. The zero-order chi connectivity index (χ0) is 13.4. The van der Waals surface area contributed by atoms with E-state index >= 15 is 0 Å². The molecule has 0 saturated heterocycles. The van der Waals surface area contributed by atoms with Crippen molar-refractivity contribution in [2.24, 2.45) is 5.92 Å². The van der Waals surface area contributed by atoms with Crippen LogP contribution in [-0.2, 0) is 9.84 Å². The summed E-state index contributed by atoms with van der Waals surface area (Å²) in [6, 6.07) is 0.504. The van der Waals surface area contributed by atoms with Crippen LogP contribution in [0.2, 0.25) is 0 Å². The molecule has 1 saturated carbocycles. The van der Waals surface area contributed by atoms with Crippen molar-refractivity contribution in [3.8, 4) is 0 Å².